The first-order valence-corrected chi connectivity index (χ1v) is 8.95. The lowest BCUT2D eigenvalue weighted by molar-refractivity contribution is -0.136. The Hall–Kier alpha value is -1.44. The minimum atomic E-state index is -3.46. The van der Waals surface area contributed by atoms with Gasteiger partial charge in [-0.15, -0.1) is 0 Å². The van der Waals surface area contributed by atoms with Gasteiger partial charge in [0, 0.05) is 32.8 Å². The van der Waals surface area contributed by atoms with E-state index in [1.165, 1.54) is 4.31 Å². The van der Waals surface area contributed by atoms with Crippen molar-refractivity contribution in [1.29, 1.82) is 0 Å². The Bertz CT molecular complexity index is 618. The van der Waals surface area contributed by atoms with Crippen LogP contribution in [0.4, 0.5) is 0 Å². The van der Waals surface area contributed by atoms with Crippen LogP contribution in [0.1, 0.15) is 6.42 Å². The van der Waals surface area contributed by atoms with Gasteiger partial charge in [0.1, 0.15) is 0 Å². The normalized spacial score (nSPS) is 23.6. The summed E-state index contributed by atoms with van der Waals surface area (Å²) in [4.78, 5) is 14.4. The van der Waals surface area contributed by atoms with Gasteiger partial charge in [0.05, 0.1) is 17.4 Å². The lowest BCUT2D eigenvalue weighted by atomic mass is 10.1. The zero-order chi connectivity index (χ0) is 15.6. The van der Waals surface area contributed by atoms with Gasteiger partial charge in [0.2, 0.25) is 15.9 Å². The molecular weight excluding hydrogens is 304 g/mol. The molecule has 22 heavy (non-hydrogen) atoms. The lowest BCUT2D eigenvalue weighted by Crippen LogP contribution is -2.51. The van der Waals surface area contributed by atoms with Crippen molar-refractivity contribution < 1.29 is 17.9 Å². The molecule has 0 saturated carbocycles. The Morgan fingerprint density at radius 1 is 1.09 bits per heavy atom. The van der Waals surface area contributed by atoms with Crippen molar-refractivity contribution in [1.82, 2.24) is 9.21 Å². The van der Waals surface area contributed by atoms with E-state index in [2.05, 4.69) is 0 Å². The van der Waals surface area contributed by atoms with Gasteiger partial charge in [-0.25, -0.2) is 8.42 Å². The summed E-state index contributed by atoms with van der Waals surface area (Å²) in [5, 5.41) is 0. The zero-order valence-electron chi connectivity index (χ0n) is 12.3. The first kappa shape index (κ1) is 15.5. The number of hydrogen-bond acceptors (Lipinski definition) is 4. The van der Waals surface area contributed by atoms with Crippen LogP contribution >= 0.6 is 0 Å². The molecule has 0 radical (unpaired) electrons. The molecule has 2 fully saturated rings. The Morgan fingerprint density at radius 3 is 2.36 bits per heavy atom. The van der Waals surface area contributed by atoms with E-state index in [1.807, 2.05) is 0 Å². The van der Waals surface area contributed by atoms with Gasteiger partial charge in [0.25, 0.3) is 0 Å². The van der Waals surface area contributed by atoms with Gasteiger partial charge in [-0.1, -0.05) is 18.2 Å². The van der Waals surface area contributed by atoms with E-state index in [9.17, 15) is 13.2 Å². The molecule has 2 saturated heterocycles. The van der Waals surface area contributed by atoms with Gasteiger partial charge in [-0.05, 0) is 18.6 Å². The highest BCUT2D eigenvalue weighted by atomic mass is 32.2. The summed E-state index contributed by atoms with van der Waals surface area (Å²) in [6.45, 7) is 2.70. The SMILES string of the molecule is O=C(C1CCOC1)N1CCN(S(=O)(=O)c2ccccc2)CC1. The third kappa shape index (κ3) is 3.02. The summed E-state index contributed by atoms with van der Waals surface area (Å²) < 4.78 is 31.7. The molecule has 1 amide bonds. The standard InChI is InChI=1S/C15H20N2O4S/c18-15(13-6-11-21-12-13)16-7-9-17(10-8-16)22(19,20)14-4-2-1-3-5-14/h1-5,13H,6-12H2. The van der Waals surface area contributed by atoms with Crippen LogP contribution in [0.2, 0.25) is 0 Å². The molecule has 2 aliphatic rings. The summed E-state index contributed by atoms with van der Waals surface area (Å²) in [6, 6.07) is 8.42. The second-order valence-electron chi connectivity index (χ2n) is 5.60. The third-order valence-electron chi connectivity index (χ3n) is 4.21. The van der Waals surface area contributed by atoms with E-state index in [1.54, 1.807) is 35.2 Å². The van der Waals surface area contributed by atoms with Crippen molar-refractivity contribution in [3.63, 3.8) is 0 Å². The summed E-state index contributed by atoms with van der Waals surface area (Å²) in [5.74, 6) is 0.0338. The Labute approximate surface area is 130 Å². The fourth-order valence-corrected chi connectivity index (χ4v) is 4.32. The van der Waals surface area contributed by atoms with Gasteiger partial charge in [0.15, 0.2) is 0 Å². The smallest absolute Gasteiger partial charge is 0.243 e. The number of carbonyl (C=O) groups is 1. The molecule has 6 nitrogen and oxygen atoms in total. The highest BCUT2D eigenvalue weighted by Crippen LogP contribution is 2.20. The number of hydrogen-bond donors (Lipinski definition) is 0. The minimum Gasteiger partial charge on any atom is -0.381 e. The number of amides is 1. The van der Waals surface area contributed by atoms with Crippen LogP contribution in [0.5, 0.6) is 0 Å². The molecule has 0 spiro atoms. The van der Waals surface area contributed by atoms with Crippen molar-refractivity contribution in [2.75, 3.05) is 39.4 Å². The number of carbonyl (C=O) groups excluding carboxylic acids is 1. The summed E-state index contributed by atoms with van der Waals surface area (Å²) in [5.41, 5.74) is 0. The Morgan fingerprint density at radius 2 is 1.77 bits per heavy atom. The first-order chi connectivity index (χ1) is 10.6. The second kappa shape index (κ2) is 6.36. The van der Waals surface area contributed by atoms with Gasteiger partial charge in [-0.2, -0.15) is 4.31 Å². The predicted octanol–water partition coefficient (Wildman–Crippen LogP) is 0.556. The highest BCUT2D eigenvalue weighted by Gasteiger charge is 2.33. The average Bonchev–Trinajstić information content (AvgIpc) is 3.09. The topological polar surface area (TPSA) is 66.9 Å². The first-order valence-electron chi connectivity index (χ1n) is 7.51. The van der Waals surface area contributed by atoms with E-state index < -0.39 is 10.0 Å². The Kier molecular flexibility index (Phi) is 4.46. The summed E-state index contributed by atoms with van der Waals surface area (Å²) in [6.07, 6.45) is 0.765. The number of ether oxygens (including phenoxy) is 1. The number of nitrogens with zero attached hydrogens (tertiary/aromatic N) is 2. The van der Waals surface area contributed by atoms with Crippen LogP contribution in [0.3, 0.4) is 0 Å². The molecule has 7 heteroatoms. The largest absolute Gasteiger partial charge is 0.381 e. The van der Waals surface area contributed by atoms with E-state index in [4.69, 9.17) is 4.74 Å². The number of benzene rings is 1. The predicted molar refractivity (Wildman–Crippen MR) is 80.7 cm³/mol. The van der Waals surface area contributed by atoms with Crippen molar-refractivity contribution in [2.24, 2.45) is 5.92 Å². The molecular formula is C15H20N2O4S. The number of sulfonamides is 1. The van der Waals surface area contributed by atoms with Gasteiger partial charge >= 0.3 is 0 Å². The van der Waals surface area contributed by atoms with Crippen molar-refractivity contribution in [3.8, 4) is 0 Å². The molecule has 1 atom stereocenters. The van der Waals surface area contributed by atoms with Crippen LogP contribution in [0.15, 0.2) is 35.2 Å². The van der Waals surface area contributed by atoms with E-state index in [0.717, 1.165) is 6.42 Å². The van der Waals surface area contributed by atoms with Crippen molar-refractivity contribution in [3.05, 3.63) is 30.3 Å². The quantitative estimate of drug-likeness (QED) is 0.815. The molecule has 2 aliphatic heterocycles. The molecule has 1 aromatic carbocycles. The van der Waals surface area contributed by atoms with Gasteiger partial charge in [-0.3, -0.25) is 4.79 Å². The molecule has 120 valence electrons. The monoisotopic (exact) mass is 324 g/mol. The number of piperazine rings is 1. The van der Waals surface area contributed by atoms with Crippen LogP contribution in [0, 0.1) is 5.92 Å². The average molecular weight is 324 g/mol. The van der Waals surface area contributed by atoms with Crippen LogP contribution in [-0.4, -0.2) is 62.9 Å². The van der Waals surface area contributed by atoms with E-state index in [0.29, 0.717) is 44.3 Å². The summed E-state index contributed by atoms with van der Waals surface area (Å²) >= 11 is 0. The van der Waals surface area contributed by atoms with Crippen LogP contribution in [0.25, 0.3) is 0 Å². The maximum atomic E-state index is 12.5. The molecule has 1 unspecified atom stereocenters. The summed E-state index contributed by atoms with van der Waals surface area (Å²) in [7, 11) is -3.46. The maximum Gasteiger partial charge on any atom is 0.243 e. The molecule has 3 rings (SSSR count). The third-order valence-corrected chi connectivity index (χ3v) is 6.12. The van der Waals surface area contributed by atoms with Crippen LogP contribution in [-0.2, 0) is 19.6 Å². The van der Waals surface area contributed by atoms with Crippen molar-refractivity contribution in [2.45, 2.75) is 11.3 Å². The molecule has 0 aliphatic carbocycles. The maximum absolute atomic E-state index is 12.5. The van der Waals surface area contributed by atoms with E-state index >= 15 is 0 Å². The zero-order valence-corrected chi connectivity index (χ0v) is 13.2. The van der Waals surface area contributed by atoms with Crippen LogP contribution < -0.4 is 0 Å². The molecule has 1 aromatic rings. The fourth-order valence-electron chi connectivity index (χ4n) is 2.88. The van der Waals surface area contributed by atoms with Crippen molar-refractivity contribution >= 4 is 15.9 Å². The lowest BCUT2D eigenvalue weighted by Gasteiger charge is -2.35. The highest BCUT2D eigenvalue weighted by molar-refractivity contribution is 7.89. The Balaban J connectivity index is 1.63. The fraction of sp³-hybridized carbons (Fsp3) is 0.533. The number of rotatable bonds is 3. The van der Waals surface area contributed by atoms with E-state index in [-0.39, 0.29) is 11.8 Å². The molecule has 0 aromatic heterocycles. The molecule has 0 bridgehead atoms. The second-order valence-corrected chi connectivity index (χ2v) is 7.54. The molecule has 0 N–H and O–H groups in total. The minimum absolute atomic E-state index is 0.0581. The van der Waals surface area contributed by atoms with Gasteiger partial charge < -0.3 is 9.64 Å². The molecule has 2 heterocycles.